The molecule has 0 atom stereocenters. The fraction of sp³-hybridized carbons (Fsp3) is 0.375. The van der Waals surface area contributed by atoms with Crippen molar-refractivity contribution in [1.82, 2.24) is 9.78 Å². The van der Waals surface area contributed by atoms with Crippen LogP contribution in [0, 0.1) is 52.9 Å². The maximum absolute atomic E-state index is 9.62. The summed E-state index contributed by atoms with van der Waals surface area (Å²) in [5.74, 6) is 1.69. The van der Waals surface area contributed by atoms with Crippen LogP contribution in [0.3, 0.4) is 0 Å². The van der Waals surface area contributed by atoms with Gasteiger partial charge in [-0.05, 0) is 47.1 Å². The minimum atomic E-state index is 0.239. The van der Waals surface area contributed by atoms with Crippen molar-refractivity contribution in [2.24, 2.45) is 0 Å². The molecule has 0 aliphatic heterocycles. The van der Waals surface area contributed by atoms with Gasteiger partial charge in [-0.25, -0.2) is 4.68 Å². The zero-order valence-electron chi connectivity index (χ0n) is 13.7. The SMILES string of the molecule is [B]OC(=C(C#N)n1nc(C)c(C)c1C)c1c(C)oc(C)c1C. The lowest BCUT2D eigenvalue weighted by Crippen LogP contribution is -2.06. The third kappa shape index (κ3) is 2.33. The molecule has 5 nitrogen and oxygen atoms in total. The van der Waals surface area contributed by atoms with Crippen LogP contribution in [0.25, 0.3) is 11.5 Å². The summed E-state index contributed by atoms with van der Waals surface area (Å²) in [4.78, 5) is 0. The molecule has 0 bridgehead atoms. The number of hydrogen-bond donors (Lipinski definition) is 0. The highest BCUT2D eigenvalue weighted by Crippen LogP contribution is 2.32. The zero-order valence-corrected chi connectivity index (χ0v) is 13.7. The number of aromatic nitrogens is 2. The number of hydrogen-bond acceptors (Lipinski definition) is 4. The second kappa shape index (κ2) is 5.76. The Labute approximate surface area is 131 Å². The van der Waals surface area contributed by atoms with Gasteiger partial charge in [-0.15, -0.1) is 0 Å². The lowest BCUT2D eigenvalue weighted by Gasteiger charge is -2.12. The number of nitrogens with zero attached hydrogens (tertiary/aromatic N) is 3. The summed E-state index contributed by atoms with van der Waals surface area (Å²) in [6.45, 7) is 11.3. The van der Waals surface area contributed by atoms with Gasteiger partial charge in [0, 0.05) is 11.3 Å². The van der Waals surface area contributed by atoms with Gasteiger partial charge in [-0.2, -0.15) is 10.4 Å². The highest BCUT2D eigenvalue weighted by Gasteiger charge is 2.22. The summed E-state index contributed by atoms with van der Waals surface area (Å²) >= 11 is 0. The van der Waals surface area contributed by atoms with Gasteiger partial charge < -0.3 is 9.07 Å². The van der Waals surface area contributed by atoms with Crippen LogP contribution in [-0.4, -0.2) is 17.8 Å². The third-order valence-corrected chi connectivity index (χ3v) is 4.09. The van der Waals surface area contributed by atoms with Crippen LogP contribution >= 0.6 is 0 Å². The van der Waals surface area contributed by atoms with Crippen molar-refractivity contribution in [2.45, 2.75) is 41.5 Å². The molecule has 0 saturated heterocycles. The molecular formula is C16H18BN3O2. The van der Waals surface area contributed by atoms with Gasteiger partial charge in [0.15, 0.2) is 5.70 Å². The number of furan rings is 1. The average molecular weight is 295 g/mol. The van der Waals surface area contributed by atoms with Gasteiger partial charge >= 0.3 is 8.05 Å². The first-order chi connectivity index (χ1) is 10.3. The smallest absolute Gasteiger partial charge is 0.374 e. The van der Waals surface area contributed by atoms with Crippen LogP contribution in [0.15, 0.2) is 4.42 Å². The topological polar surface area (TPSA) is 64.0 Å². The maximum atomic E-state index is 9.62. The lowest BCUT2D eigenvalue weighted by molar-refractivity contribution is 0.498. The van der Waals surface area contributed by atoms with Crippen LogP contribution in [0.5, 0.6) is 0 Å². The van der Waals surface area contributed by atoms with Crippen LogP contribution in [-0.2, 0) is 4.65 Å². The van der Waals surface area contributed by atoms with Gasteiger partial charge in [0.2, 0.25) is 0 Å². The van der Waals surface area contributed by atoms with Crippen molar-refractivity contribution >= 4 is 19.5 Å². The minimum Gasteiger partial charge on any atom is -0.565 e. The highest BCUT2D eigenvalue weighted by molar-refractivity contribution is 6.05. The van der Waals surface area contributed by atoms with Crippen LogP contribution in [0.4, 0.5) is 0 Å². The predicted molar refractivity (Wildman–Crippen MR) is 84.9 cm³/mol. The summed E-state index contributed by atoms with van der Waals surface area (Å²) < 4.78 is 12.2. The first kappa shape index (κ1) is 16.0. The minimum absolute atomic E-state index is 0.239. The maximum Gasteiger partial charge on any atom is 0.374 e. The fourth-order valence-corrected chi connectivity index (χ4v) is 2.49. The molecule has 0 N–H and O–H groups in total. The molecule has 0 aromatic carbocycles. The quantitative estimate of drug-likeness (QED) is 0.495. The van der Waals surface area contributed by atoms with E-state index in [-0.39, 0.29) is 11.5 Å². The van der Waals surface area contributed by atoms with E-state index in [9.17, 15) is 5.26 Å². The van der Waals surface area contributed by atoms with Gasteiger partial charge in [0.1, 0.15) is 23.3 Å². The third-order valence-electron chi connectivity index (χ3n) is 4.09. The molecule has 0 aliphatic rings. The molecule has 2 aromatic rings. The summed E-state index contributed by atoms with van der Waals surface area (Å²) in [5.41, 5.74) is 4.59. The van der Waals surface area contributed by atoms with Crippen molar-refractivity contribution in [3.05, 3.63) is 39.6 Å². The second-order valence-electron chi connectivity index (χ2n) is 5.33. The van der Waals surface area contributed by atoms with Crippen molar-refractivity contribution in [1.29, 1.82) is 5.26 Å². The normalized spacial score (nSPS) is 12.0. The predicted octanol–water partition coefficient (Wildman–Crippen LogP) is 3.28. The molecule has 2 radical (unpaired) electrons. The molecule has 0 aliphatic carbocycles. The van der Waals surface area contributed by atoms with E-state index in [1.165, 1.54) is 0 Å². The first-order valence-corrected chi connectivity index (χ1v) is 6.94. The summed E-state index contributed by atoms with van der Waals surface area (Å²) in [6, 6.07) is 2.15. The molecule has 112 valence electrons. The molecule has 2 heterocycles. The molecule has 0 saturated carbocycles. The molecular weight excluding hydrogens is 277 g/mol. The van der Waals surface area contributed by atoms with Gasteiger partial charge in [0.25, 0.3) is 0 Å². The Morgan fingerprint density at radius 3 is 2.14 bits per heavy atom. The largest absolute Gasteiger partial charge is 0.565 e. The first-order valence-electron chi connectivity index (χ1n) is 6.94. The Morgan fingerprint density at radius 2 is 1.77 bits per heavy atom. The molecule has 6 heteroatoms. The Morgan fingerprint density at radius 1 is 1.14 bits per heavy atom. The van der Waals surface area contributed by atoms with Gasteiger partial charge in [0.05, 0.1) is 11.3 Å². The number of aryl methyl sites for hydroxylation is 3. The van der Waals surface area contributed by atoms with Crippen molar-refractivity contribution in [2.75, 3.05) is 0 Å². The summed E-state index contributed by atoms with van der Waals surface area (Å²) in [7, 11) is 5.47. The molecule has 22 heavy (non-hydrogen) atoms. The van der Waals surface area contributed by atoms with E-state index in [1.807, 2.05) is 41.5 Å². The van der Waals surface area contributed by atoms with Crippen molar-refractivity contribution in [3.8, 4) is 6.07 Å². The van der Waals surface area contributed by atoms with E-state index >= 15 is 0 Å². The number of rotatable bonds is 3. The molecule has 0 amide bonds. The van der Waals surface area contributed by atoms with E-state index in [2.05, 4.69) is 11.2 Å². The number of allylic oxidation sites excluding steroid dienone is 1. The van der Waals surface area contributed by atoms with Gasteiger partial charge in [-0.3, -0.25) is 0 Å². The van der Waals surface area contributed by atoms with E-state index in [4.69, 9.17) is 17.1 Å². The molecule has 2 rings (SSSR count). The second-order valence-corrected chi connectivity index (χ2v) is 5.33. The lowest BCUT2D eigenvalue weighted by atomic mass is 10.1. The van der Waals surface area contributed by atoms with E-state index < -0.39 is 0 Å². The van der Waals surface area contributed by atoms with E-state index in [1.54, 1.807) is 4.68 Å². The average Bonchev–Trinajstić information content (AvgIpc) is 2.88. The molecule has 0 unspecified atom stereocenters. The summed E-state index contributed by atoms with van der Waals surface area (Å²) in [5, 5.41) is 14.0. The molecule has 0 spiro atoms. The Bertz CT molecular complexity index is 806. The number of nitriles is 1. The zero-order chi connectivity index (χ0) is 16.6. The van der Waals surface area contributed by atoms with Gasteiger partial charge in [-0.1, -0.05) is 0 Å². The summed E-state index contributed by atoms with van der Waals surface area (Å²) in [6.07, 6.45) is 0. The van der Waals surface area contributed by atoms with Crippen LogP contribution in [0.2, 0.25) is 0 Å². The highest BCUT2D eigenvalue weighted by atomic mass is 16.4. The monoisotopic (exact) mass is 295 g/mol. The van der Waals surface area contributed by atoms with Crippen molar-refractivity contribution < 1.29 is 9.07 Å². The Hall–Kier alpha value is -2.42. The van der Waals surface area contributed by atoms with Crippen molar-refractivity contribution in [3.63, 3.8) is 0 Å². The molecule has 2 aromatic heterocycles. The fourth-order valence-electron chi connectivity index (χ4n) is 2.49. The Balaban J connectivity index is 2.80. The molecule has 0 fully saturated rings. The Kier molecular flexibility index (Phi) is 4.18. The van der Waals surface area contributed by atoms with E-state index in [0.29, 0.717) is 11.3 Å². The van der Waals surface area contributed by atoms with Crippen LogP contribution < -0.4 is 0 Å². The standard InChI is InChI=1S/C16H18BN3O2/c1-8-10(3)19-20(11(8)4)14(7-18)16(22-17)15-9(2)12(5)21-13(15)6/h1-6H3. The van der Waals surface area contributed by atoms with Crippen LogP contribution in [0.1, 0.15) is 39.6 Å². The van der Waals surface area contributed by atoms with E-state index in [0.717, 1.165) is 28.3 Å².